The summed E-state index contributed by atoms with van der Waals surface area (Å²) >= 11 is 3.40. The van der Waals surface area contributed by atoms with Crippen LogP contribution in [0, 0.1) is 6.92 Å². The third-order valence-electron chi connectivity index (χ3n) is 2.64. The Morgan fingerprint density at radius 1 is 1.38 bits per heavy atom. The topological polar surface area (TPSA) is 46.5 Å². The number of rotatable bonds is 3. The normalized spacial score (nSPS) is 11.0. The molecule has 86 valence electrons. The van der Waals surface area contributed by atoms with E-state index in [9.17, 15) is 0 Å². The third-order valence-corrected chi connectivity index (χ3v) is 3.03. The number of halogens is 1. The number of nitrogens with one attached hydrogen (secondary N) is 1. The van der Waals surface area contributed by atoms with Crippen molar-refractivity contribution in [2.45, 2.75) is 33.6 Å². The van der Waals surface area contributed by atoms with Crippen LogP contribution < -0.4 is 0 Å². The molecule has 0 saturated heterocycles. The van der Waals surface area contributed by atoms with Crippen LogP contribution in [0.15, 0.2) is 10.7 Å². The SMILES string of the molecule is CCc1n[nH]c(CC)c1-n1nc(Br)cc1C. The highest BCUT2D eigenvalue weighted by molar-refractivity contribution is 9.10. The summed E-state index contributed by atoms with van der Waals surface area (Å²) in [6.45, 7) is 6.26. The van der Waals surface area contributed by atoms with Crippen LogP contribution in [0.2, 0.25) is 0 Å². The van der Waals surface area contributed by atoms with Gasteiger partial charge in [-0.3, -0.25) is 5.10 Å². The highest BCUT2D eigenvalue weighted by atomic mass is 79.9. The van der Waals surface area contributed by atoms with Crippen molar-refractivity contribution in [3.63, 3.8) is 0 Å². The van der Waals surface area contributed by atoms with E-state index in [1.807, 2.05) is 17.7 Å². The molecule has 1 N–H and O–H groups in total. The minimum atomic E-state index is 0.857. The van der Waals surface area contributed by atoms with Crippen LogP contribution in [0.3, 0.4) is 0 Å². The van der Waals surface area contributed by atoms with Crippen molar-refractivity contribution in [2.75, 3.05) is 0 Å². The Morgan fingerprint density at radius 3 is 2.62 bits per heavy atom. The number of hydrogen-bond donors (Lipinski definition) is 1. The van der Waals surface area contributed by atoms with Gasteiger partial charge >= 0.3 is 0 Å². The lowest BCUT2D eigenvalue weighted by Gasteiger charge is -2.05. The number of aromatic amines is 1. The van der Waals surface area contributed by atoms with Gasteiger partial charge in [0.05, 0.1) is 11.4 Å². The Morgan fingerprint density at radius 2 is 2.12 bits per heavy atom. The Hall–Kier alpha value is -1.10. The first-order chi connectivity index (χ1) is 7.67. The summed E-state index contributed by atoms with van der Waals surface area (Å²) in [6, 6.07) is 2.01. The van der Waals surface area contributed by atoms with Crippen molar-refractivity contribution in [1.29, 1.82) is 0 Å². The fourth-order valence-electron chi connectivity index (χ4n) is 1.82. The fourth-order valence-corrected chi connectivity index (χ4v) is 2.31. The van der Waals surface area contributed by atoms with E-state index in [1.54, 1.807) is 0 Å². The summed E-state index contributed by atoms with van der Waals surface area (Å²) in [5.41, 5.74) is 4.41. The molecule has 2 rings (SSSR count). The first kappa shape index (κ1) is 11.4. The van der Waals surface area contributed by atoms with Crippen molar-refractivity contribution < 1.29 is 0 Å². The van der Waals surface area contributed by atoms with E-state index in [1.165, 1.54) is 0 Å². The summed E-state index contributed by atoms with van der Waals surface area (Å²) in [7, 11) is 0. The zero-order valence-corrected chi connectivity index (χ0v) is 11.3. The molecule has 0 saturated carbocycles. The van der Waals surface area contributed by atoms with Gasteiger partial charge in [0.15, 0.2) is 0 Å². The molecule has 4 nitrogen and oxygen atoms in total. The summed E-state index contributed by atoms with van der Waals surface area (Å²) in [5, 5.41) is 11.9. The molecule has 2 heterocycles. The minimum absolute atomic E-state index is 0.857. The molecule has 2 aromatic rings. The van der Waals surface area contributed by atoms with E-state index in [4.69, 9.17) is 0 Å². The van der Waals surface area contributed by atoms with Gasteiger partial charge in [0.25, 0.3) is 0 Å². The number of nitrogens with zero attached hydrogens (tertiary/aromatic N) is 3. The van der Waals surface area contributed by atoms with Gasteiger partial charge in [-0.1, -0.05) is 13.8 Å². The molecular formula is C11H15BrN4. The maximum atomic E-state index is 4.44. The Bertz CT molecular complexity index is 477. The quantitative estimate of drug-likeness (QED) is 0.941. The average molecular weight is 283 g/mol. The monoisotopic (exact) mass is 282 g/mol. The van der Waals surface area contributed by atoms with Crippen LogP contribution in [0.25, 0.3) is 5.69 Å². The van der Waals surface area contributed by atoms with Crippen molar-refractivity contribution >= 4 is 15.9 Å². The summed E-state index contributed by atoms with van der Waals surface area (Å²) in [4.78, 5) is 0. The second-order valence-corrected chi connectivity index (χ2v) is 4.54. The van der Waals surface area contributed by atoms with Gasteiger partial charge in [-0.25, -0.2) is 4.68 Å². The van der Waals surface area contributed by atoms with Gasteiger partial charge in [0.2, 0.25) is 0 Å². The number of aromatic nitrogens is 4. The van der Waals surface area contributed by atoms with Crippen molar-refractivity contribution in [1.82, 2.24) is 20.0 Å². The number of hydrogen-bond acceptors (Lipinski definition) is 2. The molecule has 0 bridgehead atoms. The zero-order valence-electron chi connectivity index (χ0n) is 9.71. The third kappa shape index (κ3) is 1.80. The predicted molar refractivity (Wildman–Crippen MR) is 66.9 cm³/mol. The Kier molecular flexibility index (Phi) is 3.14. The lowest BCUT2D eigenvalue weighted by atomic mass is 10.2. The van der Waals surface area contributed by atoms with E-state index in [0.29, 0.717) is 0 Å². The molecular weight excluding hydrogens is 268 g/mol. The van der Waals surface area contributed by atoms with Crippen LogP contribution in [0.1, 0.15) is 30.9 Å². The maximum Gasteiger partial charge on any atom is 0.128 e. The average Bonchev–Trinajstić information content (AvgIpc) is 2.80. The van der Waals surface area contributed by atoms with E-state index < -0.39 is 0 Å². The lowest BCUT2D eigenvalue weighted by molar-refractivity contribution is 0.813. The van der Waals surface area contributed by atoms with Crippen LogP contribution >= 0.6 is 15.9 Å². The molecule has 0 radical (unpaired) electrons. The Labute approximate surface area is 103 Å². The predicted octanol–water partition coefficient (Wildman–Crippen LogP) is 2.79. The zero-order chi connectivity index (χ0) is 11.7. The van der Waals surface area contributed by atoms with Gasteiger partial charge in [-0.15, -0.1) is 0 Å². The first-order valence-corrected chi connectivity index (χ1v) is 6.25. The Balaban J connectivity index is 2.61. The van der Waals surface area contributed by atoms with Gasteiger partial charge in [-0.2, -0.15) is 10.2 Å². The van der Waals surface area contributed by atoms with Gasteiger partial charge < -0.3 is 0 Å². The van der Waals surface area contributed by atoms with Gasteiger partial charge in [0, 0.05) is 5.69 Å². The number of aryl methyl sites for hydroxylation is 3. The maximum absolute atomic E-state index is 4.44. The van der Waals surface area contributed by atoms with Crippen LogP contribution in [0.4, 0.5) is 0 Å². The largest absolute Gasteiger partial charge is 0.280 e. The lowest BCUT2D eigenvalue weighted by Crippen LogP contribution is -2.03. The molecule has 0 amide bonds. The van der Waals surface area contributed by atoms with E-state index in [2.05, 4.69) is 45.1 Å². The minimum Gasteiger partial charge on any atom is -0.280 e. The van der Waals surface area contributed by atoms with Crippen LogP contribution in [-0.2, 0) is 12.8 Å². The smallest absolute Gasteiger partial charge is 0.128 e. The molecule has 0 unspecified atom stereocenters. The fraction of sp³-hybridized carbons (Fsp3) is 0.455. The van der Waals surface area contributed by atoms with Gasteiger partial charge in [-0.05, 0) is 41.8 Å². The van der Waals surface area contributed by atoms with Crippen LogP contribution in [0.5, 0.6) is 0 Å². The summed E-state index contributed by atoms with van der Waals surface area (Å²) in [6.07, 6.45) is 1.84. The molecule has 0 aliphatic carbocycles. The molecule has 0 spiro atoms. The van der Waals surface area contributed by atoms with Gasteiger partial charge in [0.1, 0.15) is 10.3 Å². The first-order valence-electron chi connectivity index (χ1n) is 5.46. The molecule has 5 heteroatoms. The van der Waals surface area contributed by atoms with Crippen molar-refractivity contribution in [3.05, 3.63) is 27.8 Å². The highest BCUT2D eigenvalue weighted by Crippen LogP contribution is 2.21. The summed E-state index contributed by atoms with van der Waals surface area (Å²) < 4.78 is 2.81. The van der Waals surface area contributed by atoms with E-state index >= 15 is 0 Å². The van der Waals surface area contributed by atoms with Crippen molar-refractivity contribution in [2.24, 2.45) is 0 Å². The van der Waals surface area contributed by atoms with E-state index in [0.717, 1.165) is 40.2 Å². The summed E-state index contributed by atoms with van der Waals surface area (Å²) in [5.74, 6) is 0. The van der Waals surface area contributed by atoms with E-state index in [-0.39, 0.29) is 0 Å². The molecule has 0 atom stereocenters. The second-order valence-electron chi connectivity index (χ2n) is 3.72. The van der Waals surface area contributed by atoms with Crippen LogP contribution in [-0.4, -0.2) is 20.0 Å². The highest BCUT2D eigenvalue weighted by Gasteiger charge is 2.15. The van der Waals surface area contributed by atoms with Crippen molar-refractivity contribution in [3.8, 4) is 5.69 Å². The standard InChI is InChI=1S/C11H15BrN4/c1-4-8-11(9(5-2)14-13-8)16-7(3)6-10(12)15-16/h6H,4-5H2,1-3H3,(H,13,14). The molecule has 0 aromatic carbocycles. The molecule has 16 heavy (non-hydrogen) atoms. The molecule has 0 fully saturated rings. The second kappa shape index (κ2) is 4.41. The number of H-pyrrole nitrogens is 1. The molecule has 0 aliphatic heterocycles. The molecule has 2 aromatic heterocycles. The molecule has 0 aliphatic rings.